The molecule has 0 spiro atoms. The summed E-state index contributed by atoms with van der Waals surface area (Å²) in [7, 11) is -3.89. The summed E-state index contributed by atoms with van der Waals surface area (Å²) in [6, 6.07) is 20.4. The number of hydrogen-bond acceptors (Lipinski definition) is 3. The molecule has 4 rings (SSSR count). The van der Waals surface area contributed by atoms with Crippen molar-refractivity contribution in [1.29, 1.82) is 0 Å². The van der Waals surface area contributed by atoms with E-state index in [4.69, 9.17) is 0 Å². The van der Waals surface area contributed by atoms with E-state index in [9.17, 15) is 17.6 Å². The van der Waals surface area contributed by atoms with Gasteiger partial charge in [-0.2, -0.15) is 0 Å². The lowest BCUT2D eigenvalue weighted by atomic mass is 10.2. The highest BCUT2D eigenvalue weighted by molar-refractivity contribution is 7.92. The van der Waals surface area contributed by atoms with Crippen LogP contribution in [0.3, 0.4) is 0 Å². The van der Waals surface area contributed by atoms with E-state index in [1.54, 1.807) is 53.2 Å². The molecule has 1 aromatic heterocycles. The Morgan fingerprint density at radius 1 is 1.00 bits per heavy atom. The van der Waals surface area contributed by atoms with Gasteiger partial charge in [0.25, 0.3) is 0 Å². The fraction of sp³-hybridized carbons (Fsp3) is 0.125. The van der Waals surface area contributed by atoms with Crippen LogP contribution in [0.15, 0.2) is 83.9 Å². The number of sulfone groups is 1. The van der Waals surface area contributed by atoms with Crippen LogP contribution in [0, 0.1) is 12.7 Å². The van der Waals surface area contributed by atoms with Gasteiger partial charge in [0.05, 0.1) is 4.90 Å². The third-order valence-electron chi connectivity index (χ3n) is 4.98. The summed E-state index contributed by atoms with van der Waals surface area (Å²) < 4.78 is 41.2. The highest BCUT2D eigenvalue weighted by atomic mass is 32.2. The summed E-state index contributed by atoms with van der Waals surface area (Å²) in [6.45, 7) is 2.27. The summed E-state index contributed by atoms with van der Waals surface area (Å²) >= 11 is 0. The van der Waals surface area contributed by atoms with Crippen LogP contribution >= 0.6 is 0 Å². The molecule has 0 unspecified atom stereocenters. The third-order valence-corrected chi connectivity index (χ3v) is 6.61. The molecule has 0 saturated heterocycles. The van der Waals surface area contributed by atoms with Crippen molar-refractivity contribution in [3.8, 4) is 0 Å². The van der Waals surface area contributed by atoms with Gasteiger partial charge in [-0.25, -0.2) is 12.8 Å². The van der Waals surface area contributed by atoms with Crippen LogP contribution in [0.1, 0.15) is 11.1 Å². The number of nitrogens with zero attached hydrogens (tertiary/aromatic N) is 1. The van der Waals surface area contributed by atoms with E-state index in [1.165, 1.54) is 12.1 Å². The first kappa shape index (κ1) is 20.8. The van der Waals surface area contributed by atoms with E-state index < -0.39 is 21.5 Å². The molecule has 0 saturated carbocycles. The molecule has 1 heterocycles. The van der Waals surface area contributed by atoms with Gasteiger partial charge < -0.3 is 9.88 Å². The first-order valence-corrected chi connectivity index (χ1v) is 11.4. The molecule has 0 aliphatic heterocycles. The number of carbonyl (C=O) groups is 1. The average molecular weight is 437 g/mol. The molecule has 1 amide bonds. The van der Waals surface area contributed by atoms with Crippen LogP contribution in [-0.4, -0.2) is 24.6 Å². The van der Waals surface area contributed by atoms with Gasteiger partial charge in [-0.1, -0.05) is 42.5 Å². The summed E-state index contributed by atoms with van der Waals surface area (Å²) in [5, 5.41) is 3.20. The summed E-state index contributed by atoms with van der Waals surface area (Å²) in [4.78, 5) is 12.5. The van der Waals surface area contributed by atoms with Gasteiger partial charge in [0.15, 0.2) is 9.84 Å². The van der Waals surface area contributed by atoms with Gasteiger partial charge in [-0.15, -0.1) is 0 Å². The van der Waals surface area contributed by atoms with Crippen LogP contribution in [-0.2, 0) is 21.2 Å². The van der Waals surface area contributed by atoms with E-state index in [1.807, 2.05) is 25.1 Å². The summed E-state index contributed by atoms with van der Waals surface area (Å²) in [5.74, 6) is -1.59. The van der Waals surface area contributed by atoms with Crippen molar-refractivity contribution >= 4 is 32.3 Å². The second kappa shape index (κ2) is 8.35. The molecule has 1 N–H and O–H groups in total. The number of rotatable bonds is 6. The lowest BCUT2D eigenvalue weighted by molar-refractivity contribution is -0.113. The summed E-state index contributed by atoms with van der Waals surface area (Å²) in [5.41, 5.74) is 3.08. The van der Waals surface area contributed by atoms with E-state index in [2.05, 4.69) is 5.32 Å². The van der Waals surface area contributed by atoms with Crippen LogP contribution in [0.2, 0.25) is 0 Å². The van der Waals surface area contributed by atoms with Crippen LogP contribution in [0.4, 0.5) is 10.1 Å². The van der Waals surface area contributed by atoms with E-state index in [0.717, 1.165) is 16.6 Å². The van der Waals surface area contributed by atoms with E-state index in [-0.39, 0.29) is 10.7 Å². The predicted octanol–water partition coefficient (Wildman–Crippen LogP) is 4.55. The maximum absolute atomic E-state index is 13.2. The Morgan fingerprint density at radius 3 is 2.48 bits per heavy atom. The molecule has 0 aliphatic carbocycles. The fourth-order valence-corrected chi connectivity index (χ4v) is 4.92. The number of aryl methyl sites for hydroxylation is 1. The fourth-order valence-electron chi connectivity index (χ4n) is 3.55. The van der Waals surface area contributed by atoms with Crippen molar-refractivity contribution < 1.29 is 17.6 Å². The molecule has 3 aromatic carbocycles. The molecule has 31 heavy (non-hydrogen) atoms. The number of carbonyl (C=O) groups excluding carboxylic acids is 1. The molecule has 7 heteroatoms. The predicted molar refractivity (Wildman–Crippen MR) is 119 cm³/mol. The second-order valence-electron chi connectivity index (χ2n) is 7.44. The number of anilines is 1. The molecular weight excluding hydrogens is 415 g/mol. The van der Waals surface area contributed by atoms with E-state index >= 15 is 0 Å². The Bertz CT molecular complexity index is 1360. The maximum Gasteiger partial charge on any atom is 0.239 e. The second-order valence-corrected chi connectivity index (χ2v) is 9.40. The monoisotopic (exact) mass is 436 g/mol. The number of halogens is 1. The Labute approximate surface area is 180 Å². The number of fused-ring (bicyclic) bond motifs is 1. The number of aromatic nitrogens is 1. The van der Waals surface area contributed by atoms with Crippen LogP contribution in [0.5, 0.6) is 0 Å². The molecule has 5 nitrogen and oxygen atoms in total. The smallest absolute Gasteiger partial charge is 0.239 e. The van der Waals surface area contributed by atoms with Crippen molar-refractivity contribution in [2.75, 3.05) is 11.1 Å². The molecular formula is C24H21FN2O3S. The molecule has 0 atom stereocenters. The highest BCUT2D eigenvalue weighted by Crippen LogP contribution is 2.27. The lowest BCUT2D eigenvalue weighted by Gasteiger charge is -2.07. The van der Waals surface area contributed by atoms with Gasteiger partial charge in [0.2, 0.25) is 5.91 Å². The van der Waals surface area contributed by atoms with Crippen molar-refractivity contribution in [3.05, 3.63) is 95.9 Å². The van der Waals surface area contributed by atoms with Gasteiger partial charge in [-0.05, 0) is 48.4 Å². The van der Waals surface area contributed by atoms with Gasteiger partial charge in [-0.3, -0.25) is 4.79 Å². The minimum Gasteiger partial charge on any atom is -0.342 e. The van der Waals surface area contributed by atoms with Crippen molar-refractivity contribution in [1.82, 2.24) is 4.57 Å². The normalized spacial score (nSPS) is 11.5. The molecule has 0 radical (unpaired) electrons. The molecule has 0 aliphatic rings. The molecule has 4 aromatic rings. The summed E-state index contributed by atoms with van der Waals surface area (Å²) in [6.07, 6.45) is 1.54. The van der Waals surface area contributed by atoms with Gasteiger partial charge in [0.1, 0.15) is 11.6 Å². The molecule has 158 valence electrons. The van der Waals surface area contributed by atoms with Crippen molar-refractivity contribution in [2.24, 2.45) is 0 Å². The zero-order chi connectivity index (χ0) is 22.0. The van der Waals surface area contributed by atoms with Gasteiger partial charge >= 0.3 is 0 Å². The number of amides is 1. The Kier molecular flexibility index (Phi) is 5.61. The maximum atomic E-state index is 13.2. The third kappa shape index (κ3) is 4.67. The standard InChI is InChI=1S/C24H21FN2O3S/c1-17-5-4-6-20(13-17)26-24(28)16-31(29,30)23-15-27(22-8-3-2-7-21(22)23)14-18-9-11-19(25)12-10-18/h2-13,15H,14,16H2,1H3,(H,26,28). The minimum atomic E-state index is -3.89. The molecule has 0 bridgehead atoms. The zero-order valence-corrected chi connectivity index (χ0v) is 17.7. The number of hydrogen-bond donors (Lipinski definition) is 1. The Hall–Kier alpha value is -3.45. The minimum absolute atomic E-state index is 0.101. The van der Waals surface area contributed by atoms with Gasteiger partial charge in [0, 0.05) is 29.3 Å². The molecule has 0 fully saturated rings. The average Bonchev–Trinajstić information content (AvgIpc) is 3.09. The number of para-hydroxylation sites is 1. The first-order valence-electron chi connectivity index (χ1n) is 9.73. The zero-order valence-electron chi connectivity index (χ0n) is 16.9. The quantitative estimate of drug-likeness (QED) is 0.482. The Balaban J connectivity index is 1.63. The number of nitrogens with one attached hydrogen (secondary N) is 1. The Morgan fingerprint density at radius 2 is 1.74 bits per heavy atom. The topological polar surface area (TPSA) is 68.2 Å². The SMILES string of the molecule is Cc1cccc(NC(=O)CS(=O)(=O)c2cn(Cc3ccc(F)cc3)c3ccccc23)c1. The first-order chi connectivity index (χ1) is 14.8. The largest absolute Gasteiger partial charge is 0.342 e. The lowest BCUT2D eigenvalue weighted by Crippen LogP contribution is -2.23. The van der Waals surface area contributed by atoms with Crippen LogP contribution < -0.4 is 5.32 Å². The van der Waals surface area contributed by atoms with Crippen molar-refractivity contribution in [2.45, 2.75) is 18.4 Å². The highest BCUT2D eigenvalue weighted by Gasteiger charge is 2.24. The van der Waals surface area contributed by atoms with Crippen LogP contribution in [0.25, 0.3) is 10.9 Å². The van der Waals surface area contributed by atoms with E-state index in [0.29, 0.717) is 17.6 Å². The van der Waals surface area contributed by atoms with Crippen molar-refractivity contribution in [3.63, 3.8) is 0 Å². The number of benzene rings is 3.